The first kappa shape index (κ1) is 10.2. The Morgan fingerprint density at radius 3 is 2.77 bits per heavy atom. The Labute approximate surface area is 88.6 Å². The fourth-order valence-electron chi connectivity index (χ4n) is 0.832. The molecule has 0 aliphatic carbocycles. The predicted molar refractivity (Wildman–Crippen MR) is 53.5 cm³/mol. The van der Waals surface area contributed by atoms with Crippen molar-refractivity contribution in [2.75, 3.05) is 0 Å². The molecule has 0 spiro atoms. The topological polar surface area (TPSA) is 23.8 Å². The number of nitriles is 1. The fraction of sp³-hybridized carbons (Fsp3) is 0. The third kappa shape index (κ3) is 2.83. The molecule has 1 aromatic carbocycles. The van der Waals surface area contributed by atoms with E-state index >= 15 is 0 Å². The largest absolute Gasteiger partial charge is 0.207 e. The van der Waals surface area contributed by atoms with Crippen LogP contribution in [-0.4, -0.2) is 0 Å². The van der Waals surface area contributed by atoms with Crippen molar-refractivity contribution in [2.45, 2.75) is 0 Å². The first-order valence-corrected chi connectivity index (χ1v) is 4.52. The summed E-state index contributed by atoms with van der Waals surface area (Å²) in [5.41, 5.74) is 0.482. The van der Waals surface area contributed by atoms with Gasteiger partial charge in [-0.25, -0.2) is 4.39 Å². The zero-order valence-corrected chi connectivity index (χ0v) is 8.73. The van der Waals surface area contributed by atoms with Crippen molar-refractivity contribution in [3.63, 3.8) is 0 Å². The Morgan fingerprint density at radius 1 is 1.54 bits per heavy atom. The Bertz CT molecular complexity index is 375. The van der Waals surface area contributed by atoms with Gasteiger partial charge < -0.3 is 0 Å². The van der Waals surface area contributed by atoms with Crippen LogP contribution in [0.15, 0.2) is 28.7 Å². The maximum atomic E-state index is 12.8. The molecule has 0 aromatic heterocycles. The van der Waals surface area contributed by atoms with Crippen LogP contribution in [0, 0.1) is 17.1 Å². The van der Waals surface area contributed by atoms with E-state index in [2.05, 4.69) is 15.9 Å². The van der Waals surface area contributed by atoms with Crippen LogP contribution in [0.25, 0.3) is 5.03 Å². The third-order valence-electron chi connectivity index (χ3n) is 1.33. The quantitative estimate of drug-likeness (QED) is 0.707. The molecule has 0 N–H and O–H groups in total. The van der Waals surface area contributed by atoms with Crippen molar-refractivity contribution in [2.24, 2.45) is 0 Å². The molecule has 0 heterocycles. The van der Waals surface area contributed by atoms with Gasteiger partial charge in [-0.2, -0.15) is 5.26 Å². The van der Waals surface area contributed by atoms with Gasteiger partial charge in [0.25, 0.3) is 0 Å². The summed E-state index contributed by atoms with van der Waals surface area (Å²) < 4.78 is 13.4. The molecule has 13 heavy (non-hydrogen) atoms. The van der Waals surface area contributed by atoms with Crippen LogP contribution in [-0.2, 0) is 0 Å². The Hall–Kier alpha value is -0.850. The number of rotatable bonds is 1. The number of benzene rings is 1. The molecule has 0 saturated heterocycles. The molecule has 1 rings (SSSR count). The smallest absolute Gasteiger partial charge is 0.124 e. The number of hydrogen-bond donors (Lipinski definition) is 0. The van der Waals surface area contributed by atoms with Crippen LogP contribution in [0.2, 0.25) is 0 Å². The molecular formula is C9H4BrClFN. The minimum absolute atomic E-state index is 0.225. The fourth-order valence-corrected chi connectivity index (χ4v) is 1.45. The molecule has 0 radical (unpaired) electrons. The van der Waals surface area contributed by atoms with Gasteiger partial charge in [-0.05, 0) is 23.8 Å². The molecule has 0 fully saturated rings. The van der Waals surface area contributed by atoms with E-state index in [-0.39, 0.29) is 5.03 Å². The lowest BCUT2D eigenvalue weighted by Gasteiger charge is -1.99. The van der Waals surface area contributed by atoms with Gasteiger partial charge >= 0.3 is 0 Å². The summed E-state index contributed by atoms with van der Waals surface area (Å²) >= 11 is 8.82. The van der Waals surface area contributed by atoms with E-state index in [1.54, 1.807) is 12.1 Å². The second-order valence-corrected chi connectivity index (χ2v) is 3.60. The maximum Gasteiger partial charge on any atom is 0.124 e. The molecule has 0 bridgehead atoms. The lowest BCUT2D eigenvalue weighted by atomic mass is 10.2. The van der Waals surface area contributed by atoms with E-state index in [1.165, 1.54) is 12.1 Å². The lowest BCUT2D eigenvalue weighted by Crippen LogP contribution is -1.81. The molecule has 1 aromatic rings. The average Bonchev–Trinajstić information content (AvgIpc) is 2.03. The van der Waals surface area contributed by atoms with Crippen molar-refractivity contribution in [3.8, 4) is 6.07 Å². The highest BCUT2D eigenvalue weighted by Crippen LogP contribution is 2.23. The van der Waals surface area contributed by atoms with Gasteiger partial charge in [0.15, 0.2) is 0 Å². The Kier molecular flexibility index (Phi) is 3.47. The van der Waals surface area contributed by atoms with E-state index in [1.807, 2.05) is 0 Å². The monoisotopic (exact) mass is 259 g/mol. The minimum Gasteiger partial charge on any atom is -0.207 e. The lowest BCUT2D eigenvalue weighted by molar-refractivity contribution is 0.626. The highest BCUT2D eigenvalue weighted by Gasteiger charge is 2.01. The Balaban J connectivity index is 3.17. The predicted octanol–water partition coefficient (Wildman–Crippen LogP) is 3.69. The number of allylic oxidation sites excluding steroid dienone is 1. The molecule has 0 aliphatic rings. The summed E-state index contributed by atoms with van der Waals surface area (Å²) in [4.78, 5) is 0. The first-order valence-electron chi connectivity index (χ1n) is 3.35. The highest BCUT2D eigenvalue weighted by atomic mass is 79.9. The van der Waals surface area contributed by atoms with Gasteiger partial charge in [0, 0.05) is 10.5 Å². The normalized spacial score (nSPS) is 11.1. The van der Waals surface area contributed by atoms with Gasteiger partial charge in [0.1, 0.15) is 5.82 Å². The highest BCUT2D eigenvalue weighted by molar-refractivity contribution is 9.10. The molecule has 0 amide bonds. The van der Waals surface area contributed by atoms with Crippen molar-refractivity contribution >= 4 is 32.6 Å². The van der Waals surface area contributed by atoms with Crippen molar-refractivity contribution < 1.29 is 4.39 Å². The van der Waals surface area contributed by atoms with Crippen LogP contribution in [0.5, 0.6) is 0 Å². The molecule has 0 atom stereocenters. The number of halogens is 3. The van der Waals surface area contributed by atoms with Crippen LogP contribution in [0.4, 0.5) is 4.39 Å². The van der Waals surface area contributed by atoms with Crippen LogP contribution in [0.3, 0.4) is 0 Å². The summed E-state index contributed by atoms with van der Waals surface area (Å²) in [5, 5.41) is 8.55. The zero-order chi connectivity index (χ0) is 9.84. The second-order valence-electron chi connectivity index (χ2n) is 2.28. The second kappa shape index (κ2) is 4.40. The number of hydrogen-bond acceptors (Lipinski definition) is 1. The summed E-state index contributed by atoms with van der Waals surface area (Å²) in [5.74, 6) is -0.395. The molecule has 66 valence electrons. The van der Waals surface area contributed by atoms with Crippen molar-refractivity contribution in [3.05, 3.63) is 40.1 Å². The summed E-state index contributed by atoms with van der Waals surface area (Å²) in [7, 11) is 0. The van der Waals surface area contributed by atoms with E-state index < -0.39 is 5.82 Å². The van der Waals surface area contributed by atoms with Gasteiger partial charge in [0.05, 0.1) is 11.1 Å². The third-order valence-corrected chi connectivity index (χ3v) is 2.11. The maximum absolute atomic E-state index is 12.8. The average molecular weight is 260 g/mol. The molecular weight excluding hydrogens is 256 g/mol. The van der Waals surface area contributed by atoms with Crippen LogP contribution >= 0.6 is 27.5 Å². The van der Waals surface area contributed by atoms with Crippen molar-refractivity contribution in [1.82, 2.24) is 0 Å². The van der Waals surface area contributed by atoms with E-state index in [0.29, 0.717) is 10.0 Å². The molecule has 4 heteroatoms. The summed E-state index contributed by atoms with van der Waals surface area (Å²) in [6.07, 6.45) is 1.16. The van der Waals surface area contributed by atoms with Crippen molar-refractivity contribution in [1.29, 1.82) is 5.26 Å². The number of nitrogens with zero attached hydrogens (tertiary/aromatic N) is 1. The van der Waals surface area contributed by atoms with E-state index in [4.69, 9.17) is 16.9 Å². The van der Waals surface area contributed by atoms with Crippen LogP contribution in [0.1, 0.15) is 5.56 Å². The molecule has 0 saturated carbocycles. The van der Waals surface area contributed by atoms with E-state index in [0.717, 1.165) is 6.08 Å². The van der Waals surface area contributed by atoms with Crippen LogP contribution < -0.4 is 0 Å². The van der Waals surface area contributed by atoms with Gasteiger partial charge in [-0.1, -0.05) is 27.5 Å². The summed E-state index contributed by atoms with van der Waals surface area (Å²) in [6.45, 7) is 0. The first-order chi connectivity index (χ1) is 6.13. The molecule has 1 nitrogen and oxygen atoms in total. The van der Waals surface area contributed by atoms with Gasteiger partial charge in [-0.3, -0.25) is 0 Å². The molecule has 0 aliphatic heterocycles. The SMILES string of the molecule is N#C/C=C(\Cl)c1cc(F)cc(Br)c1. The van der Waals surface area contributed by atoms with Gasteiger partial charge in [-0.15, -0.1) is 0 Å². The van der Waals surface area contributed by atoms with E-state index in [9.17, 15) is 4.39 Å². The zero-order valence-electron chi connectivity index (χ0n) is 6.39. The minimum atomic E-state index is -0.395. The standard InChI is InChI=1S/C9H4BrClFN/c10-7-3-6(4-8(12)5-7)9(11)1-2-13/h1,3-5H/b9-1-. The Morgan fingerprint density at radius 2 is 2.23 bits per heavy atom. The summed E-state index contributed by atoms with van der Waals surface area (Å²) in [6, 6.07) is 6.00. The van der Waals surface area contributed by atoms with Gasteiger partial charge in [0.2, 0.25) is 0 Å². The molecule has 0 unspecified atom stereocenters.